The van der Waals surface area contributed by atoms with E-state index in [4.69, 9.17) is 0 Å². The van der Waals surface area contributed by atoms with Gasteiger partial charge < -0.3 is 10.6 Å². The normalized spacial score (nSPS) is 24.1. The van der Waals surface area contributed by atoms with Gasteiger partial charge in [0.25, 0.3) is 0 Å². The van der Waals surface area contributed by atoms with Gasteiger partial charge in [-0.05, 0) is 13.3 Å². The highest BCUT2D eigenvalue weighted by molar-refractivity contribution is 7.91. The van der Waals surface area contributed by atoms with Crippen LogP contribution in [0.1, 0.15) is 13.3 Å². The Labute approximate surface area is 96.9 Å². The molecule has 1 heterocycles. The lowest BCUT2D eigenvalue weighted by atomic mass is 10.3. The summed E-state index contributed by atoms with van der Waals surface area (Å²) >= 11 is 0. The Morgan fingerprint density at radius 2 is 2.38 bits per heavy atom. The maximum atomic E-state index is 11.3. The van der Waals surface area contributed by atoms with Crippen molar-refractivity contribution in [3.8, 4) is 0 Å². The second-order valence-corrected chi connectivity index (χ2v) is 5.98. The number of aliphatic imine (C=N–C) groups is 1. The number of hydrogen-bond acceptors (Lipinski definition) is 3. The molecule has 0 spiro atoms. The number of nitrogens with zero attached hydrogens (tertiary/aromatic N) is 1. The van der Waals surface area contributed by atoms with Crippen molar-refractivity contribution >= 4 is 15.8 Å². The number of guanidine groups is 1. The number of sulfone groups is 1. The van der Waals surface area contributed by atoms with E-state index in [9.17, 15) is 8.42 Å². The lowest BCUT2D eigenvalue weighted by molar-refractivity contribution is 0.599. The van der Waals surface area contributed by atoms with Gasteiger partial charge in [0, 0.05) is 12.6 Å². The van der Waals surface area contributed by atoms with E-state index in [1.165, 1.54) is 0 Å². The summed E-state index contributed by atoms with van der Waals surface area (Å²) in [6, 6.07) is -0.0207. The zero-order valence-corrected chi connectivity index (χ0v) is 10.4. The molecule has 0 aliphatic carbocycles. The molecule has 1 saturated heterocycles. The maximum absolute atomic E-state index is 11.3. The monoisotopic (exact) mass is 245 g/mol. The molecular weight excluding hydrogens is 226 g/mol. The first-order valence-corrected chi connectivity index (χ1v) is 7.25. The van der Waals surface area contributed by atoms with E-state index in [0.717, 1.165) is 6.54 Å². The van der Waals surface area contributed by atoms with Crippen LogP contribution in [0.15, 0.2) is 17.6 Å². The highest BCUT2D eigenvalue weighted by Crippen LogP contribution is 2.10. The molecule has 2 N–H and O–H groups in total. The van der Waals surface area contributed by atoms with Gasteiger partial charge in [0.15, 0.2) is 15.8 Å². The Morgan fingerprint density at radius 1 is 1.62 bits per heavy atom. The van der Waals surface area contributed by atoms with E-state index in [-0.39, 0.29) is 17.5 Å². The van der Waals surface area contributed by atoms with Gasteiger partial charge in [0.05, 0.1) is 18.1 Å². The molecule has 0 aromatic carbocycles. The molecule has 0 amide bonds. The number of hydrogen-bond donors (Lipinski definition) is 2. The average molecular weight is 245 g/mol. The number of rotatable bonds is 4. The quantitative estimate of drug-likeness (QED) is 0.413. The van der Waals surface area contributed by atoms with Gasteiger partial charge in [-0.2, -0.15) is 0 Å². The summed E-state index contributed by atoms with van der Waals surface area (Å²) in [5.41, 5.74) is 0. The summed E-state index contributed by atoms with van der Waals surface area (Å²) in [6.07, 6.45) is 2.35. The fourth-order valence-corrected chi connectivity index (χ4v) is 3.25. The van der Waals surface area contributed by atoms with Gasteiger partial charge in [-0.3, -0.25) is 0 Å². The van der Waals surface area contributed by atoms with Crippen LogP contribution >= 0.6 is 0 Å². The minimum atomic E-state index is -2.84. The molecule has 1 aliphatic heterocycles. The SMILES string of the molecule is C=CCN=C(NCC)NC1CCS(=O)(=O)C1. The molecule has 5 nitrogen and oxygen atoms in total. The Morgan fingerprint density at radius 3 is 2.88 bits per heavy atom. The van der Waals surface area contributed by atoms with Crippen molar-refractivity contribution in [3.63, 3.8) is 0 Å². The topological polar surface area (TPSA) is 70.6 Å². The van der Waals surface area contributed by atoms with E-state index >= 15 is 0 Å². The van der Waals surface area contributed by atoms with Gasteiger partial charge in [-0.1, -0.05) is 6.08 Å². The van der Waals surface area contributed by atoms with Crippen molar-refractivity contribution in [1.82, 2.24) is 10.6 Å². The summed E-state index contributed by atoms with van der Waals surface area (Å²) in [5.74, 6) is 1.13. The Bertz CT molecular complexity index is 362. The molecule has 6 heteroatoms. The summed E-state index contributed by atoms with van der Waals surface area (Å²) in [6.45, 7) is 6.83. The first-order chi connectivity index (χ1) is 7.57. The summed E-state index contributed by atoms with van der Waals surface area (Å²) < 4.78 is 22.6. The van der Waals surface area contributed by atoms with Gasteiger partial charge in [-0.15, -0.1) is 6.58 Å². The fraction of sp³-hybridized carbons (Fsp3) is 0.700. The predicted octanol–water partition coefficient (Wildman–Crippen LogP) is -0.0854. The van der Waals surface area contributed by atoms with Crippen molar-refractivity contribution < 1.29 is 8.42 Å². The molecule has 0 radical (unpaired) electrons. The zero-order chi connectivity index (χ0) is 12.0. The fourth-order valence-electron chi connectivity index (χ4n) is 1.58. The van der Waals surface area contributed by atoms with Crippen LogP contribution in [-0.2, 0) is 9.84 Å². The van der Waals surface area contributed by atoms with Crippen molar-refractivity contribution in [2.75, 3.05) is 24.6 Å². The Balaban J connectivity index is 2.52. The van der Waals surface area contributed by atoms with Gasteiger partial charge in [0.1, 0.15) is 0 Å². The average Bonchev–Trinajstić information content (AvgIpc) is 2.55. The summed E-state index contributed by atoms with van der Waals surface area (Å²) in [5, 5.41) is 6.19. The van der Waals surface area contributed by atoms with Gasteiger partial charge in [0.2, 0.25) is 0 Å². The van der Waals surface area contributed by atoms with E-state index in [0.29, 0.717) is 18.9 Å². The van der Waals surface area contributed by atoms with Gasteiger partial charge >= 0.3 is 0 Å². The van der Waals surface area contributed by atoms with Gasteiger partial charge in [-0.25, -0.2) is 13.4 Å². The molecule has 0 bridgehead atoms. The molecule has 0 aromatic rings. The summed E-state index contributed by atoms with van der Waals surface area (Å²) in [7, 11) is -2.84. The summed E-state index contributed by atoms with van der Waals surface area (Å²) in [4.78, 5) is 4.22. The van der Waals surface area contributed by atoms with Crippen LogP contribution in [0, 0.1) is 0 Å². The third kappa shape index (κ3) is 4.22. The zero-order valence-electron chi connectivity index (χ0n) is 9.57. The number of nitrogens with one attached hydrogen (secondary N) is 2. The van der Waals surface area contributed by atoms with Crippen LogP contribution in [-0.4, -0.2) is 45.0 Å². The van der Waals surface area contributed by atoms with Crippen molar-refractivity contribution in [3.05, 3.63) is 12.7 Å². The van der Waals surface area contributed by atoms with E-state index in [1.54, 1.807) is 6.08 Å². The molecule has 16 heavy (non-hydrogen) atoms. The molecule has 0 aromatic heterocycles. The van der Waals surface area contributed by atoms with E-state index in [1.807, 2.05) is 6.92 Å². The molecule has 1 rings (SSSR count). The van der Waals surface area contributed by atoms with Crippen LogP contribution in [0.5, 0.6) is 0 Å². The maximum Gasteiger partial charge on any atom is 0.191 e. The van der Waals surface area contributed by atoms with Crippen LogP contribution < -0.4 is 10.6 Å². The van der Waals surface area contributed by atoms with Crippen LogP contribution in [0.25, 0.3) is 0 Å². The van der Waals surface area contributed by atoms with Crippen molar-refractivity contribution in [1.29, 1.82) is 0 Å². The minimum absolute atomic E-state index is 0.0207. The second-order valence-electron chi connectivity index (χ2n) is 3.75. The molecule has 1 unspecified atom stereocenters. The smallest absolute Gasteiger partial charge is 0.191 e. The highest BCUT2D eigenvalue weighted by Gasteiger charge is 2.28. The van der Waals surface area contributed by atoms with Crippen LogP contribution in [0.2, 0.25) is 0 Å². The predicted molar refractivity (Wildman–Crippen MR) is 66.4 cm³/mol. The lowest BCUT2D eigenvalue weighted by Gasteiger charge is -2.15. The largest absolute Gasteiger partial charge is 0.357 e. The first kappa shape index (κ1) is 13.0. The Hall–Kier alpha value is -1.04. The molecule has 1 atom stereocenters. The van der Waals surface area contributed by atoms with Crippen molar-refractivity contribution in [2.45, 2.75) is 19.4 Å². The molecule has 1 aliphatic rings. The third-order valence-electron chi connectivity index (χ3n) is 2.30. The van der Waals surface area contributed by atoms with Crippen LogP contribution in [0.3, 0.4) is 0 Å². The van der Waals surface area contributed by atoms with Crippen molar-refractivity contribution in [2.24, 2.45) is 4.99 Å². The van der Waals surface area contributed by atoms with E-state index < -0.39 is 9.84 Å². The van der Waals surface area contributed by atoms with Crippen LogP contribution in [0.4, 0.5) is 0 Å². The standard InChI is InChI=1S/C10H19N3O2S/c1-3-6-12-10(11-4-2)13-9-5-7-16(14,15)8-9/h3,9H,1,4-8H2,2H3,(H2,11,12,13). The molecule has 92 valence electrons. The van der Waals surface area contributed by atoms with E-state index in [2.05, 4.69) is 22.2 Å². The first-order valence-electron chi connectivity index (χ1n) is 5.43. The Kier molecular flexibility index (Phi) is 4.79. The molecular formula is C10H19N3O2S. The minimum Gasteiger partial charge on any atom is -0.357 e. The second kappa shape index (κ2) is 5.89. The highest BCUT2D eigenvalue weighted by atomic mass is 32.2. The molecule has 1 fully saturated rings. The molecule has 0 saturated carbocycles. The lowest BCUT2D eigenvalue weighted by Crippen LogP contribution is -2.44. The third-order valence-corrected chi connectivity index (χ3v) is 4.06.